The van der Waals surface area contributed by atoms with E-state index >= 15 is 0 Å². The van der Waals surface area contributed by atoms with E-state index in [1.54, 1.807) is 42.5 Å². The van der Waals surface area contributed by atoms with Crippen LogP contribution in [0.4, 0.5) is 5.69 Å². The molecule has 0 spiro atoms. The molecule has 1 fully saturated rings. The van der Waals surface area contributed by atoms with Gasteiger partial charge < -0.3 is 18.8 Å². The smallest absolute Gasteiger partial charge is 0.325 e. The Hall–Kier alpha value is -3.13. The maximum absolute atomic E-state index is 13.0. The molecule has 8 heteroatoms. The first-order chi connectivity index (χ1) is 13.0. The van der Waals surface area contributed by atoms with Crippen LogP contribution >= 0.6 is 12.2 Å². The van der Waals surface area contributed by atoms with Crippen LogP contribution in [-0.2, 0) is 14.3 Å². The Morgan fingerprint density at radius 3 is 2.59 bits per heavy atom. The second-order valence-corrected chi connectivity index (χ2v) is 5.92. The van der Waals surface area contributed by atoms with E-state index in [9.17, 15) is 9.59 Å². The van der Waals surface area contributed by atoms with Crippen LogP contribution in [0.15, 0.2) is 52.8 Å². The summed E-state index contributed by atoms with van der Waals surface area (Å²) in [5, 5.41) is 0.187. The number of benzene rings is 1. The maximum atomic E-state index is 13.0. The lowest BCUT2D eigenvalue weighted by Crippen LogP contribution is -2.35. The summed E-state index contributed by atoms with van der Waals surface area (Å²) < 4.78 is 15.4. The Morgan fingerprint density at radius 1 is 1.26 bits per heavy atom. The highest BCUT2D eigenvalue weighted by Gasteiger charge is 2.40. The molecule has 0 radical (unpaired) electrons. The van der Waals surface area contributed by atoms with E-state index in [1.165, 1.54) is 23.2 Å². The summed E-state index contributed by atoms with van der Waals surface area (Å²) in [6, 6.07) is 10.4. The molecule has 0 aliphatic carbocycles. The van der Waals surface area contributed by atoms with E-state index in [2.05, 4.69) is 0 Å². The van der Waals surface area contributed by atoms with Gasteiger partial charge >= 0.3 is 5.97 Å². The molecular formula is C19H18N2O5S. The summed E-state index contributed by atoms with van der Waals surface area (Å²) in [5.74, 6) is 0.301. The van der Waals surface area contributed by atoms with Gasteiger partial charge in [-0.3, -0.25) is 14.5 Å². The molecule has 140 valence electrons. The quantitative estimate of drug-likeness (QED) is 0.429. The van der Waals surface area contributed by atoms with Gasteiger partial charge in [-0.25, -0.2) is 0 Å². The third-order valence-electron chi connectivity index (χ3n) is 3.88. The number of anilines is 1. The first kappa shape index (κ1) is 18.7. The molecule has 1 amide bonds. The minimum atomic E-state index is -0.510. The fraction of sp³-hybridized carbons (Fsp3) is 0.211. The van der Waals surface area contributed by atoms with Crippen molar-refractivity contribution in [3.05, 3.63) is 54.1 Å². The van der Waals surface area contributed by atoms with Gasteiger partial charge in [-0.15, -0.1) is 0 Å². The molecule has 7 nitrogen and oxygen atoms in total. The predicted octanol–water partition coefficient (Wildman–Crippen LogP) is 2.83. The normalized spacial score (nSPS) is 15.6. The molecule has 3 rings (SSSR count). The summed E-state index contributed by atoms with van der Waals surface area (Å²) in [6.07, 6.45) is 3.05. The van der Waals surface area contributed by atoms with Gasteiger partial charge in [0.25, 0.3) is 5.91 Å². The van der Waals surface area contributed by atoms with Gasteiger partial charge in [-0.2, -0.15) is 0 Å². The van der Waals surface area contributed by atoms with Gasteiger partial charge in [0.15, 0.2) is 5.11 Å². The molecule has 1 aliphatic rings. The second kappa shape index (κ2) is 8.05. The van der Waals surface area contributed by atoms with E-state index in [0.29, 0.717) is 23.8 Å². The van der Waals surface area contributed by atoms with Crippen molar-refractivity contribution in [1.82, 2.24) is 4.90 Å². The summed E-state index contributed by atoms with van der Waals surface area (Å²) >= 11 is 5.46. The van der Waals surface area contributed by atoms with Crippen molar-refractivity contribution >= 4 is 41.0 Å². The third-order valence-corrected chi connectivity index (χ3v) is 4.28. The van der Waals surface area contributed by atoms with Crippen molar-refractivity contribution in [3.63, 3.8) is 0 Å². The highest BCUT2D eigenvalue weighted by molar-refractivity contribution is 7.80. The van der Waals surface area contributed by atoms with E-state index in [4.69, 9.17) is 26.1 Å². The Labute approximate surface area is 161 Å². The van der Waals surface area contributed by atoms with Crippen LogP contribution in [0.3, 0.4) is 0 Å². The molecular weight excluding hydrogens is 368 g/mol. The molecule has 1 saturated heterocycles. The average Bonchev–Trinajstić information content (AvgIpc) is 3.26. The van der Waals surface area contributed by atoms with Crippen LogP contribution in [0.2, 0.25) is 0 Å². The molecule has 1 aromatic carbocycles. The standard InChI is InChI=1S/C19H18N2O5S/c1-3-25-14-8-6-13(7-9-14)21-18(23)16(11-15-5-4-10-26-15)20(19(21)27)12-17(22)24-2/h4-11H,3,12H2,1-2H3/b16-11-. The van der Waals surface area contributed by atoms with Crippen LogP contribution in [0.1, 0.15) is 12.7 Å². The number of hydrogen-bond donors (Lipinski definition) is 0. The molecule has 0 saturated carbocycles. The first-order valence-corrected chi connectivity index (χ1v) is 8.66. The van der Waals surface area contributed by atoms with Crippen molar-refractivity contribution in [2.24, 2.45) is 0 Å². The topological polar surface area (TPSA) is 72.2 Å². The summed E-state index contributed by atoms with van der Waals surface area (Å²) in [7, 11) is 1.28. The second-order valence-electron chi connectivity index (χ2n) is 5.56. The molecule has 0 atom stereocenters. The van der Waals surface area contributed by atoms with Gasteiger partial charge in [0, 0.05) is 6.08 Å². The molecule has 0 unspecified atom stereocenters. The lowest BCUT2D eigenvalue weighted by molar-refractivity contribution is -0.140. The lowest BCUT2D eigenvalue weighted by atomic mass is 10.2. The summed E-state index contributed by atoms with van der Waals surface area (Å²) in [4.78, 5) is 27.6. The van der Waals surface area contributed by atoms with Crippen molar-refractivity contribution in [3.8, 4) is 5.75 Å². The molecule has 1 aliphatic heterocycles. The fourth-order valence-corrected chi connectivity index (χ4v) is 2.97. The number of hydrogen-bond acceptors (Lipinski definition) is 6. The number of rotatable bonds is 6. The SMILES string of the molecule is CCOc1ccc(N2C(=O)/C(=C/c3ccco3)N(CC(=O)OC)C2=S)cc1. The van der Waals surface area contributed by atoms with Gasteiger partial charge in [0.2, 0.25) is 0 Å². The van der Waals surface area contributed by atoms with Crippen LogP contribution < -0.4 is 9.64 Å². The van der Waals surface area contributed by atoms with Gasteiger partial charge in [0.1, 0.15) is 23.8 Å². The van der Waals surface area contributed by atoms with Crippen LogP contribution in [0.25, 0.3) is 6.08 Å². The monoisotopic (exact) mass is 386 g/mol. The minimum absolute atomic E-state index is 0.179. The molecule has 0 N–H and O–H groups in total. The number of carbonyl (C=O) groups is 2. The zero-order chi connectivity index (χ0) is 19.4. The zero-order valence-electron chi connectivity index (χ0n) is 14.9. The first-order valence-electron chi connectivity index (χ1n) is 8.26. The van der Waals surface area contributed by atoms with Crippen molar-refractivity contribution < 1.29 is 23.5 Å². The molecule has 1 aromatic heterocycles. The van der Waals surface area contributed by atoms with Crippen LogP contribution in [0, 0.1) is 0 Å². The fourth-order valence-electron chi connectivity index (χ4n) is 2.62. The van der Waals surface area contributed by atoms with Crippen molar-refractivity contribution in [2.75, 3.05) is 25.2 Å². The number of furan rings is 1. The summed E-state index contributed by atoms with van der Waals surface area (Å²) in [6.45, 7) is 2.26. The van der Waals surface area contributed by atoms with Crippen molar-refractivity contribution in [1.29, 1.82) is 0 Å². The number of amides is 1. The highest BCUT2D eigenvalue weighted by Crippen LogP contribution is 2.30. The Bertz CT molecular complexity index is 874. The highest BCUT2D eigenvalue weighted by atomic mass is 32.1. The zero-order valence-corrected chi connectivity index (χ0v) is 15.7. The van der Waals surface area contributed by atoms with E-state index in [-0.39, 0.29) is 23.3 Å². The van der Waals surface area contributed by atoms with Crippen LogP contribution in [-0.4, -0.2) is 42.2 Å². The third kappa shape index (κ3) is 3.85. The van der Waals surface area contributed by atoms with E-state index < -0.39 is 5.97 Å². The molecule has 2 heterocycles. The van der Waals surface area contributed by atoms with E-state index in [0.717, 1.165) is 0 Å². The molecule has 0 bridgehead atoms. The molecule has 2 aromatic rings. The van der Waals surface area contributed by atoms with Gasteiger partial charge in [-0.1, -0.05) is 0 Å². The Kier molecular flexibility index (Phi) is 5.56. The number of carbonyl (C=O) groups excluding carboxylic acids is 2. The maximum Gasteiger partial charge on any atom is 0.325 e. The Morgan fingerprint density at radius 2 is 2.00 bits per heavy atom. The van der Waals surface area contributed by atoms with E-state index in [1.807, 2.05) is 6.92 Å². The van der Waals surface area contributed by atoms with Gasteiger partial charge in [0.05, 0.1) is 25.7 Å². The minimum Gasteiger partial charge on any atom is -0.494 e. The largest absolute Gasteiger partial charge is 0.494 e. The lowest BCUT2D eigenvalue weighted by Gasteiger charge is -2.19. The number of thiocarbonyl (C=S) groups is 1. The number of esters is 1. The molecule has 27 heavy (non-hydrogen) atoms. The van der Waals surface area contributed by atoms with Gasteiger partial charge in [-0.05, 0) is 55.5 Å². The Balaban J connectivity index is 1.97. The number of ether oxygens (including phenoxy) is 2. The number of nitrogens with zero attached hydrogens (tertiary/aromatic N) is 2. The van der Waals surface area contributed by atoms with Crippen LogP contribution in [0.5, 0.6) is 5.75 Å². The predicted molar refractivity (Wildman–Crippen MR) is 103 cm³/mol. The van der Waals surface area contributed by atoms with Crippen molar-refractivity contribution in [2.45, 2.75) is 6.92 Å². The number of methoxy groups -OCH3 is 1. The summed E-state index contributed by atoms with van der Waals surface area (Å²) in [5.41, 5.74) is 0.806. The average molecular weight is 386 g/mol.